The minimum absolute atomic E-state index is 0.0215. The van der Waals surface area contributed by atoms with Gasteiger partial charge < -0.3 is 15.2 Å². The van der Waals surface area contributed by atoms with Gasteiger partial charge in [-0.3, -0.25) is 9.59 Å². The number of para-hydroxylation sites is 2. The van der Waals surface area contributed by atoms with Crippen molar-refractivity contribution in [3.63, 3.8) is 0 Å². The maximum absolute atomic E-state index is 13.4. The number of imidazole rings is 1. The second-order valence-electron chi connectivity index (χ2n) is 8.65. The lowest BCUT2D eigenvalue weighted by Gasteiger charge is -2.32. The van der Waals surface area contributed by atoms with Crippen molar-refractivity contribution in [1.29, 1.82) is 0 Å². The van der Waals surface area contributed by atoms with E-state index >= 15 is 0 Å². The normalized spacial score (nSPS) is 15.7. The Morgan fingerprint density at radius 1 is 1.03 bits per heavy atom. The molecule has 2 heterocycles. The van der Waals surface area contributed by atoms with Gasteiger partial charge in [0.1, 0.15) is 11.9 Å². The summed E-state index contributed by atoms with van der Waals surface area (Å²) in [4.78, 5) is 36.1. The third kappa shape index (κ3) is 3.58. The topological polar surface area (TPSA) is 78.1 Å². The number of nitrogens with zero attached hydrogens (tertiary/aromatic N) is 2. The van der Waals surface area contributed by atoms with Crippen molar-refractivity contribution in [3.8, 4) is 0 Å². The second kappa shape index (κ2) is 7.94. The predicted octanol–water partition coefficient (Wildman–Crippen LogP) is 4.06. The van der Waals surface area contributed by atoms with E-state index in [0.29, 0.717) is 12.1 Å². The van der Waals surface area contributed by atoms with Gasteiger partial charge in [-0.25, -0.2) is 4.98 Å². The number of benzene rings is 2. The van der Waals surface area contributed by atoms with E-state index in [1.54, 1.807) is 4.90 Å². The fourth-order valence-electron chi connectivity index (χ4n) is 4.21. The van der Waals surface area contributed by atoms with Crippen molar-refractivity contribution >= 4 is 22.8 Å². The Labute approximate surface area is 176 Å². The number of carbonyl (C=O) groups excluding carboxylic acids is 2. The van der Waals surface area contributed by atoms with Crippen LogP contribution >= 0.6 is 0 Å². The largest absolute Gasteiger partial charge is 0.344 e. The first kappa shape index (κ1) is 20.1. The van der Waals surface area contributed by atoms with Crippen LogP contribution in [0.1, 0.15) is 55.5 Å². The quantitative estimate of drug-likeness (QED) is 0.650. The van der Waals surface area contributed by atoms with Crippen LogP contribution in [0.15, 0.2) is 48.5 Å². The smallest absolute Gasteiger partial charge is 0.255 e. The van der Waals surface area contributed by atoms with Crippen LogP contribution in [0.5, 0.6) is 0 Å². The molecule has 2 amide bonds. The molecule has 30 heavy (non-hydrogen) atoms. The molecule has 1 aliphatic heterocycles. The molecular formula is C24H28N4O2. The van der Waals surface area contributed by atoms with Gasteiger partial charge in [-0.05, 0) is 35.6 Å². The number of hydrogen-bond donors (Lipinski definition) is 2. The Balaban J connectivity index is 1.60. The summed E-state index contributed by atoms with van der Waals surface area (Å²) in [5, 5.41) is 3.17. The molecule has 6 heteroatoms. The number of aromatic amines is 1. The summed E-state index contributed by atoms with van der Waals surface area (Å²) in [5.41, 5.74) is 3.48. The van der Waals surface area contributed by atoms with E-state index in [1.165, 1.54) is 0 Å². The van der Waals surface area contributed by atoms with Gasteiger partial charge in [0.25, 0.3) is 5.91 Å². The first-order valence-corrected chi connectivity index (χ1v) is 10.5. The van der Waals surface area contributed by atoms with Crippen LogP contribution in [0, 0.1) is 11.8 Å². The monoisotopic (exact) mass is 404 g/mol. The van der Waals surface area contributed by atoms with E-state index in [0.717, 1.165) is 22.4 Å². The zero-order valence-electron chi connectivity index (χ0n) is 17.8. The Morgan fingerprint density at radius 2 is 1.73 bits per heavy atom. The molecule has 0 unspecified atom stereocenters. The standard InChI is InChI=1S/C24H28N4O2/c1-14(2)20(22-25-18-11-7-8-12-19(18)26-22)27-23(29)21(15(3)4)28-13-16-9-5-6-10-17(16)24(28)30/h5-12,14-15,20-21H,13H2,1-4H3,(H,25,26)(H,27,29)/t20-,21-/m0/s1. The minimum Gasteiger partial charge on any atom is -0.344 e. The number of fused-ring (bicyclic) bond motifs is 2. The minimum atomic E-state index is -0.546. The van der Waals surface area contributed by atoms with Gasteiger partial charge in [-0.15, -0.1) is 0 Å². The second-order valence-corrected chi connectivity index (χ2v) is 8.65. The molecule has 1 aliphatic rings. The molecule has 4 rings (SSSR count). The van der Waals surface area contributed by atoms with Crippen molar-refractivity contribution < 1.29 is 9.59 Å². The van der Waals surface area contributed by atoms with Gasteiger partial charge in [0.15, 0.2) is 0 Å². The van der Waals surface area contributed by atoms with Gasteiger partial charge in [0.05, 0.1) is 17.1 Å². The Morgan fingerprint density at radius 3 is 2.40 bits per heavy atom. The molecule has 6 nitrogen and oxygen atoms in total. The molecule has 2 atom stereocenters. The van der Waals surface area contributed by atoms with Crippen molar-refractivity contribution in [3.05, 3.63) is 65.5 Å². The number of carbonyl (C=O) groups is 2. The van der Waals surface area contributed by atoms with E-state index in [-0.39, 0.29) is 29.7 Å². The van der Waals surface area contributed by atoms with Crippen molar-refractivity contribution in [2.75, 3.05) is 0 Å². The molecule has 0 saturated carbocycles. The molecule has 0 fully saturated rings. The summed E-state index contributed by atoms with van der Waals surface area (Å²) in [6.45, 7) is 8.53. The number of hydrogen-bond acceptors (Lipinski definition) is 3. The Bertz CT molecular complexity index is 1050. The SMILES string of the molecule is CC(C)[C@H](NC(=O)[C@H](C(C)C)N1Cc2ccccc2C1=O)c1nc2ccccc2[nH]1. The lowest BCUT2D eigenvalue weighted by Crippen LogP contribution is -2.51. The number of aromatic nitrogens is 2. The molecule has 2 aromatic carbocycles. The van der Waals surface area contributed by atoms with E-state index < -0.39 is 6.04 Å². The zero-order chi connectivity index (χ0) is 21.4. The summed E-state index contributed by atoms with van der Waals surface area (Å²) in [7, 11) is 0. The highest BCUT2D eigenvalue weighted by Gasteiger charge is 2.39. The van der Waals surface area contributed by atoms with Crippen molar-refractivity contribution in [2.24, 2.45) is 11.8 Å². The van der Waals surface area contributed by atoms with Gasteiger partial charge >= 0.3 is 0 Å². The van der Waals surface area contributed by atoms with Crippen LogP contribution in [-0.4, -0.2) is 32.7 Å². The first-order chi connectivity index (χ1) is 14.4. The van der Waals surface area contributed by atoms with Gasteiger partial charge in [0.2, 0.25) is 5.91 Å². The average Bonchev–Trinajstić information content (AvgIpc) is 3.27. The highest BCUT2D eigenvalue weighted by Crippen LogP contribution is 2.28. The maximum Gasteiger partial charge on any atom is 0.255 e. The number of H-pyrrole nitrogens is 1. The molecule has 0 aliphatic carbocycles. The highest BCUT2D eigenvalue weighted by molar-refractivity contribution is 6.01. The van der Waals surface area contributed by atoms with E-state index in [9.17, 15) is 9.59 Å². The summed E-state index contributed by atoms with van der Waals surface area (Å²) in [6, 6.07) is 14.6. The Hall–Kier alpha value is -3.15. The number of amides is 2. The Kier molecular flexibility index (Phi) is 5.33. The lowest BCUT2D eigenvalue weighted by atomic mass is 9.98. The summed E-state index contributed by atoms with van der Waals surface area (Å²) in [6.07, 6.45) is 0. The van der Waals surface area contributed by atoms with E-state index in [1.807, 2.05) is 62.4 Å². The van der Waals surface area contributed by atoms with Gasteiger partial charge in [0, 0.05) is 12.1 Å². The molecule has 156 valence electrons. The zero-order valence-corrected chi connectivity index (χ0v) is 17.8. The highest BCUT2D eigenvalue weighted by atomic mass is 16.2. The molecule has 0 saturated heterocycles. The molecule has 1 aromatic heterocycles. The van der Waals surface area contributed by atoms with Crippen molar-refractivity contribution in [1.82, 2.24) is 20.2 Å². The number of rotatable bonds is 6. The van der Waals surface area contributed by atoms with Gasteiger partial charge in [-0.1, -0.05) is 58.0 Å². The molecular weight excluding hydrogens is 376 g/mol. The van der Waals surface area contributed by atoms with E-state index in [2.05, 4.69) is 29.1 Å². The predicted molar refractivity (Wildman–Crippen MR) is 117 cm³/mol. The van der Waals surface area contributed by atoms with Crippen molar-refractivity contribution in [2.45, 2.75) is 46.3 Å². The molecule has 0 spiro atoms. The van der Waals surface area contributed by atoms with Crippen LogP contribution in [0.2, 0.25) is 0 Å². The molecule has 0 bridgehead atoms. The van der Waals surface area contributed by atoms with Crippen LogP contribution < -0.4 is 5.32 Å². The summed E-state index contributed by atoms with van der Waals surface area (Å²) in [5.74, 6) is 0.619. The number of nitrogens with one attached hydrogen (secondary N) is 2. The van der Waals surface area contributed by atoms with Crippen LogP contribution in [0.4, 0.5) is 0 Å². The fourth-order valence-corrected chi connectivity index (χ4v) is 4.21. The van der Waals surface area contributed by atoms with E-state index in [4.69, 9.17) is 0 Å². The first-order valence-electron chi connectivity index (χ1n) is 10.5. The molecule has 0 radical (unpaired) electrons. The van der Waals surface area contributed by atoms with Crippen LogP contribution in [0.25, 0.3) is 11.0 Å². The lowest BCUT2D eigenvalue weighted by molar-refractivity contribution is -0.128. The fraction of sp³-hybridized carbons (Fsp3) is 0.375. The maximum atomic E-state index is 13.4. The summed E-state index contributed by atoms with van der Waals surface area (Å²) >= 11 is 0. The molecule has 2 N–H and O–H groups in total. The third-order valence-corrected chi connectivity index (χ3v) is 5.75. The van der Waals surface area contributed by atoms with Gasteiger partial charge in [-0.2, -0.15) is 0 Å². The van der Waals surface area contributed by atoms with Crippen LogP contribution in [0.3, 0.4) is 0 Å². The van der Waals surface area contributed by atoms with Crippen LogP contribution in [-0.2, 0) is 11.3 Å². The molecule has 3 aromatic rings. The average molecular weight is 405 g/mol. The summed E-state index contributed by atoms with van der Waals surface area (Å²) < 4.78 is 0. The third-order valence-electron chi connectivity index (χ3n) is 5.75.